The molecule has 1 aromatic carbocycles. The normalized spacial score (nSPS) is 25.3. The summed E-state index contributed by atoms with van der Waals surface area (Å²) < 4.78 is 3.80. The first-order chi connectivity index (χ1) is 17.9. The number of piperidine rings is 1. The van der Waals surface area contributed by atoms with Crippen molar-refractivity contribution in [3.8, 4) is 11.3 Å². The van der Waals surface area contributed by atoms with Crippen molar-refractivity contribution in [2.75, 3.05) is 25.9 Å². The number of nitrogens with two attached hydrogens (primary N) is 1. The maximum absolute atomic E-state index is 11.2. The Morgan fingerprint density at radius 2 is 1.81 bits per heavy atom. The second-order valence-electron chi connectivity index (χ2n) is 10.5. The van der Waals surface area contributed by atoms with Gasteiger partial charge >= 0.3 is 0 Å². The zero-order valence-corrected chi connectivity index (χ0v) is 21.5. The highest BCUT2D eigenvalue weighted by Gasteiger charge is 2.46. The van der Waals surface area contributed by atoms with Crippen LogP contribution in [0.3, 0.4) is 0 Å². The minimum Gasteiger partial charge on any atom is -0.390 e. The molecule has 4 heterocycles. The summed E-state index contributed by atoms with van der Waals surface area (Å²) in [5.41, 5.74) is 9.57. The third-order valence-electron chi connectivity index (χ3n) is 8.20. The largest absolute Gasteiger partial charge is 0.390 e. The number of benzene rings is 1. The molecule has 0 amide bonds. The van der Waals surface area contributed by atoms with E-state index in [9.17, 15) is 10.2 Å². The van der Waals surface area contributed by atoms with E-state index in [-0.39, 0.29) is 23.1 Å². The number of aliphatic hydroxyl groups excluding tert-OH is 2. The van der Waals surface area contributed by atoms with Crippen LogP contribution < -0.4 is 5.73 Å². The van der Waals surface area contributed by atoms with Crippen molar-refractivity contribution in [1.29, 1.82) is 0 Å². The molecule has 1 saturated heterocycles. The van der Waals surface area contributed by atoms with Gasteiger partial charge in [-0.25, -0.2) is 4.98 Å². The van der Waals surface area contributed by atoms with E-state index < -0.39 is 12.2 Å². The number of fused-ring (bicyclic) bond motifs is 1. The fraction of sp³-hybridized carbons (Fsp3) is 0.444. The molecule has 0 radical (unpaired) electrons. The summed E-state index contributed by atoms with van der Waals surface area (Å²) in [6.45, 7) is 2.66. The minimum atomic E-state index is -0.918. The van der Waals surface area contributed by atoms with Crippen molar-refractivity contribution >= 4 is 28.5 Å². The van der Waals surface area contributed by atoms with Crippen molar-refractivity contribution in [3.63, 3.8) is 0 Å². The number of halogens is 1. The molecular formula is C27H32ClN7O2. The number of hydrogen-bond donors (Lipinski definition) is 3. The summed E-state index contributed by atoms with van der Waals surface area (Å²) in [4.78, 5) is 11.0. The van der Waals surface area contributed by atoms with Crippen molar-refractivity contribution in [2.45, 2.75) is 44.1 Å². The predicted octanol–water partition coefficient (Wildman–Crippen LogP) is 3.20. The van der Waals surface area contributed by atoms with E-state index in [0.717, 1.165) is 42.8 Å². The summed E-state index contributed by atoms with van der Waals surface area (Å²) in [6, 6.07) is 11.7. The third-order valence-corrected chi connectivity index (χ3v) is 8.37. The topological polar surface area (TPSA) is 118 Å². The van der Waals surface area contributed by atoms with Gasteiger partial charge in [0.1, 0.15) is 17.6 Å². The van der Waals surface area contributed by atoms with Gasteiger partial charge in [0.15, 0.2) is 0 Å². The number of aromatic nitrogens is 5. The molecule has 4 atom stereocenters. The van der Waals surface area contributed by atoms with Gasteiger partial charge in [-0.1, -0.05) is 30.3 Å². The van der Waals surface area contributed by atoms with Gasteiger partial charge < -0.3 is 25.4 Å². The average molecular weight is 522 g/mol. The van der Waals surface area contributed by atoms with Gasteiger partial charge in [-0.2, -0.15) is 10.1 Å². The van der Waals surface area contributed by atoms with Crippen LogP contribution >= 0.6 is 11.6 Å². The molecular weight excluding hydrogens is 490 g/mol. The molecule has 4 N–H and O–H groups in total. The lowest BCUT2D eigenvalue weighted by Gasteiger charge is -2.34. The Balaban J connectivity index is 1.36. The molecule has 0 spiro atoms. The summed E-state index contributed by atoms with van der Waals surface area (Å²) in [7, 11) is 2.13. The number of likely N-dealkylation sites (tertiary alicyclic amines) is 1. The molecule has 2 fully saturated rings. The second-order valence-corrected chi connectivity index (χ2v) is 10.8. The monoisotopic (exact) mass is 521 g/mol. The third kappa shape index (κ3) is 4.50. The van der Waals surface area contributed by atoms with E-state index in [2.05, 4.69) is 34.0 Å². The van der Waals surface area contributed by atoms with Gasteiger partial charge in [0, 0.05) is 18.0 Å². The number of nitrogens with zero attached hydrogens (tertiary/aromatic N) is 6. The van der Waals surface area contributed by atoms with E-state index in [1.54, 1.807) is 0 Å². The molecule has 1 aliphatic carbocycles. The van der Waals surface area contributed by atoms with Crippen LogP contribution in [0.5, 0.6) is 0 Å². The molecule has 9 nitrogen and oxygen atoms in total. The fourth-order valence-corrected chi connectivity index (χ4v) is 6.37. The maximum Gasteiger partial charge on any atom is 0.226 e. The van der Waals surface area contributed by atoms with Gasteiger partial charge in [-0.15, -0.1) is 0 Å². The number of nitrogen functional groups attached to an aromatic ring is 1. The molecule has 3 aromatic heterocycles. The zero-order chi connectivity index (χ0) is 25.7. The van der Waals surface area contributed by atoms with Crippen LogP contribution in [0.2, 0.25) is 5.28 Å². The lowest BCUT2D eigenvalue weighted by molar-refractivity contribution is -0.0112. The van der Waals surface area contributed by atoms with Crippen molar-refractivity contribution in [3.05, 3.63) is 59.6 Å². The minimum absolute atomic E-state index is 0.0225. The first kappa shape index (κ1) is 24.4. The predicted molar refractivity (Wildman–Crippen MR) is 143 cm³/mol. The van der Waals surface area contributed by atoms with Crippen LogP contribution in [0.15, 0.2) is 48.8 Å². The first-order valence-corrected chi connectivity index (χ1v) is 13.2. The Kier molecular flexibility index (Phi) is 6.40. The van der Waals surface area contributed by atoms with Crippen LogP contribution in [-0.4, -0.2) is 71.8 Å². The molecule has 194 valence electrons. The SMILES string of the molecule is CN1CCC([C@H]2C[C@@H](n3cc(-c4ccn(Cc5ccccc5)n4)c4c(N)nc(Cl)nc43)[C@H](O)[C@@H]2O)CC1. The summed E-state index contributed by atoms with van der Waals surface area (Å²) in [5.74, 6) is 0.666. The Hall–Kier alpha value is -2.98. The Morgan fingerprint density at radius 3 is 2.57 bits per heavy atom. The quantitative estimate of drug-likeness (QED) is 0.345. The molecule has 0 bridgehead atoms. The van der Waals surface area contributed by atoms with Gasteiger partial charge in [0.05, 0.1) is 29.8 Å². The smallest absolute Gasteiger partial charge is 0.226 e. The zero-order valence-electron chi connectivity index (χ0n) is 20.8. The number of rotatable bonds is 5. The fourth-order valence-electron chi connectivity index (χ4n) is 6.20. The van der Waals surface area contributed by atoms with Crippen LogP contribution in [0, 0.1) is 11.8 Å². The van der Waals surface area contributed by atoms with Crippen LogP contribution in [0.1, 0.15) is 30.9 Å². The summed E-state index contributed by atoms with van der Waals surface area (Å²) in [5, 5.41) is 27.8. The van der Waals surface area contributed by atoms with E-state index in [1.165, 1.54) is 0 Å². The first-order valence-electron chi connectivity index (χ1n) is 12.8. The number of anilines is 1. The molecule has 1 saturated carbocycles. The second kappa shape index (κ2) is 9.72. The highest BCUT2D eigenvalue weighted by molar-refractivity contribution is 6.29. The average Bonchev–Trinajstić information content (AvgIpc) is 3.57. The number of aliphatic hydroxyl groups is 2. The molecule has 10 heteroatoms. The highest BCUT2D eigenvalue weighted by Crippen LogP contribution is 2.45. The molecule has 1 aliphatic heterocycles. The van der Waals surface area contributed by atoms with Gasteiger partial charge in [0.25, 0.3) is 0 Å². The van der Waals surface area contributed by atoms with E-state index >= 15 is 0 Å². The Morgan fingerprint density at radius 1 is 1.05 bits per heavy atom. The summed E-state index contributed by atoms with van der Waals surface area (Å²) >= 11 is 6.23. The standard InChI is InChI=1S/C27H32ClN7O2/c1-33-10-7-17(8-11-33)18-13-21(24(37)23(18)36)35-15-19(22-25(29)30-27(28)31-26(22)35)20-9-12-34(32-20)14-16-5-3-2-4-6-16/h2-6,9,12,15,17-18,21,23-24,36-37H,7-8,10-11,13-14H2,1H3,(H2,29,30,31)/t18-,21-,23-,24+/m1/s1. The van der Waals surface area contributed by atoms with Gasteiger partial charge in [-0.3, -0.25) is 4.68 Å². The maximum atomic E-state index is 11.2. The molecule has 4 aromatic rings. The van der Waals surface area contributed by atoms with E-state index in [4.69, 9.17) is 22.4 Å². The van der Waals surface area contributed by atoms with Crippen LogP contribution in [0.25, 0.3) is 22.3 Å². The van der Waals surface area contributed by atoms with Crippen molar-refractivity contribution < 1.29 is 10.2 Å². The van der Waals surface area contributed by atoms with Crippen molar-refractivity contribution in [2.24, 2.45) is 11.8 Å². The number of hydrogen-bond acceptors (Lipinski definition) is 7. The van der Waals surface area contributed by atoms with Crippen LogP contribution in [-0.2, 0) is 6.54 Å². The molecule has 2 aliphatic rings. The van der Waals surface area contributed by atoms with E-state index in [0.29, 0.717) is 29.9 Å². The van der Waals surface area contributed by atoms with Crippen molar-refractivity contribution in [1.82, 2.24) is 29.2 Å². The lowest BCUT2D eigenvalue weighted by Crippen LogP contribution is -2.37. The summed E-state index contributed by atoms with van der Waals surface area (Å²) in [6.07, 6.45) is 4.85. The highest BCUT2D eigenvalue weighted by atomic mass is 35.5. The Labute approximate surface area is 220 Å². The van der Waals surface area contributed by atoms with Gasteiger partial charge in [0.2, 0.25) is 5.28 Å². The molecule has 6 rings (SSSR count). The molecule has 37 heavy (non-hydrogen) atoms. The van der Waals surface area contributed by atoms with Crippen LogP contribution in [0.4, 0.5) is 5.82 Å². The Bertz CT molecular complexity index is 1400. The lowest BCUT2D eigenvalue weighted by atomic mass is 9.82. The van der Waals surface area contributed by atoms with Gasteiger partial charge in [-0.05, 0) is 74.5 Å². The van der Waals surface area contributed by atoms with E-state index in [1.807, 2.05) is 45.9 Å². The molecule has 0 unspecified atom stereocenters.